The van der Waals surface area contributed by atoms with Gasteiger partial charge in [0.2, 0.25) is 0 Å². The van der Waals surface area contributed by atoms with Crippen LogP contribution < -0.4 is 0 Å². The average molecular weight is 368 g/mol. The molecule has 0 N–H and O–H groups in total. The van der Waals surface area contributed by atoms with E-state index < -0.39 is 0 Å². The molecular weight excluding hydrogens is 350 g/mol. The first kappa shape index (κ1) is 16.8. The summed E-state index contributed by atoms with van der Waals surface area (Å²) in [6, 6.07) is 11.0. The van der Waals surface area contributed by atoms with Gasteiger partial charge < -0.3 is 9.32 Å². The van der Waals surface area contributed by atoms with E-state index in [2.05, 4.69) is 9.97 Å². The number of hydrogen-bond acceptors (Lipinski definition) is 4. The number of amides is 1. The Morgan fingerprint density at radius 3 is 2.96 bits per heavy atom. The second-order valence-corrected chi connectivity index (χ2v) is 6.76. The fourth-order valence-electron chi connectivity index (χ4n) is 3.13. The van der Waals surface area contributed by atoms with Crippen molar-refractivity contribution < 1.29 is 9.21 Å². The number of nitrogens with zero attached hydrogens (tertiary/aromatic N) is 3. The molecule has 6 heteroatoms. The maximum atomic E-state index is 12.7. The van der Waals surface area contributed by atoms with E-state index in [4.69, 9.17) is 16.0 Å². The fourth-order valence-corrected chi connectivity index (χ4v) is 3.32. The molecule has 0 unspecified atom stereocenters. The highest BCUT2D eigenvalue weighted by Gasteiger charge is 2.26. The van der Waals surface area contributed by atoms with E-state index in [1.54, 1.807) is 35.4 Å². The van der Waals surface area contributed by atoms with Crippen LogP contribution in [0.15, 0.2) is 53.2 Å². The normalized spacial score (nSPS) is 13.5. The molecular formula is C20H18ClN3O2. The van der Waals surface area contributed by atoms with Crippen LogP contribution in [0.4, 0.5) is 0 Å². The summed E-state index contributed by atoms with van der Waals surface area (Å²) in [5, 5.41) is 0.563. The number of hydrogen-bond donors (Lipinski definition) is 0. The first-order valence-electron chi connectivity index (χ1n) is 8.60. The van der Waals surface area contributed by atoms with Crippen molar-refractivity contribution in [1.29, 1.82) is 0 Å². The molecule has 3 heterocycles. The number of rotatable bonds is 4. The topological polar surface area (TPSA) is 59.2 Å². The van der Waals surface area contributed by atoms with Crippen molar-refractivity contribution in [3.63, 3.8) is 0 Å². The molecule has 0 atom stereocenters. The van der Waals surface area contributed by atoms with E-state index in [0.717, 1.165) is 35.7 Å². The van der Waals surface area contributed by atoms with Crippen LogP contribution in [0.1, 0.15) is 33.3 Å². The van der Waals surface area contributed by atoms with Crippen molar-refractivity contribution in [3.8, 4) is 0 Å². The summed E-state index contributed by atoms with van der Waals surface area (Å²) < 4.78 is 5.89. The molecule has 0 saturated heterocycles. The zero-order valence-electron chi connectivity index (χ0n) is 14.2. The molecule has 5 nitrogen and oxygen atoms in total. The number of aryl methyl sites for hydroxylation is 2. The largest absolute Gasteiger partial charge is 0.445 e. The van der Waals surface area contributed by atoms with Crippen LogP contribution in [0.3, 0.4) is 0 Å². The number of halogens is 1. The molecule has 0 radical (unpaired) electrons. The third-order valence-corrected chi connectivity index (χ3v) is 4.72. The smallest absolute Gasteiger partial charge is 0.254 e. The number of carbonyl (C=O) groups is 1. The molecule has 0 bridgehead atoms. The van der Waals surface area contributed by atoms with Crippen LogP contribution in [-0.4, -0.2) is 27.3 Å². The second-order valence-electron chi connectivity index (χ2n) is 6.33. The average Bonchev–Trinajstić information content (AvgIpc) is 3.08. The van der Waals surface area contributed by atoms with Gasteiger partial charge >= 0.3 is 0 Å². The van der Waals surface area contributed by atoms with Crippen LogP contribution in [0, 0.1) is 0 Å². The van der Waals surface area contributed by atoms with Gasteiger partial charge in [0.05, 0.1) is 6.54 Å². The lowest BCUT2D eigenvalue weighted by atomic mass is 10.1. The van der Waals surface area contributed by atoms with E-state index in [9.17, 15) is 4.79 Å². The molecule has 132 valence electrons. The fraction of sp³-hybridized carbons (Fsp3) is 0.250. The third kappa shape index (κ3) is 3.63. The van der Waals surface area contributed by atoms with Gasteiger partial charge in [-0.15, -0.1) is 0 Å². The van der Waals surface area contributed by atoms with Crippen LogP contribution in [0.25, 0.3) is 0 Å². The quantitative estimate of drug-likeness (QED) is 0.705. The lowest BCUT2D eigenvalue weighted by Crippen LogP contribution is -2.35. The molecule has 1 aromatic carbocycles. The van der Waals surface area contributed by atoms with Gasteiger partial charge in [0.15, 0.2) is 5.89 Å². The molecule has 3 aromatic rings. The predicted octanol–water partition coefficient (Wildman–Crippen LogP) is 3.71. The van der Waals surface area contributed by atoms with Crippen molar-refractivity contribution in [2.45, 2.75) is 25.8 Å². The summed E-state index contributed by atoms with van der Waals surface area (Å²) in [5.41, 5.74) is 2.61. The van der Waals surface area contributed by atoms with Gasteiger partial charge in [0.1, 0.15) is 11.5 Å². The summed E-state index contributed by atoms with van der Waals surface area (Å²) in [4.78, 5) is 23.2. The zero-order valence-corrected chi connectivity index (χ0v) is 14.9. The van der Waals surface area contributed by atoms with E-state index >= 15 is 0 Å². The Bertz CT molecular complexity index is 924. The Balaban J connectivity index is 1.44. The number of fused-ring (bicyclic) bond motifs is 1. The van der Waals surface area contributed by atoms with Gasteiger partial charge in [0, 0.05) is 42.4 Å². The molecule has 0 spiro atoms. The minimum Gasteiger partial charge on any atom is -0.445 e. The van der Waals surface area contributed by atoms with Gasteiger partial charge in [-0.25, -0.2) is 4.98 Å². The maximum Gasteiger partial charge on any atom is 0.254 e. The van der Waals surface area contributed by atoms with Gasteiger partial charge in [0.25, 0.3) is 5.91 Å². The highest BCUT2D eigenvalue weighted by Crippen LogP contribution is 2.23. The first-order chi connectivity index (χ1) is 12.7. The number of oxazole rings is 1. The van der Waals surface area contributed by atoms with Crippen LogP contribution >= 0.6 is 11.6 Å². The Labute approximate surface area is 156 Å². The highest BCUT2D eigenvalue weighted by molar-refractivity contribution is 6.30. The van der Waals surface area contributed by atoms with Crippen LogP contribution in [0.2, 0.25) is 5.02 Å². The number of carbonyl (C=O) groups excluding carboxylic acids is 1. The lowest BCUT2D eigenvalue weighted by Gasteiger charge is -2.25. The maximum absolute atomic E-state index is 12.7. The van der Waals surface area contributed by atoms with Crippen molar-refractivity contribution >= 4 is 17.5 Å². The zero-order chi connectivity index (χ0) is 17.9. The molecule has 1 amide bonds. The molecule has 4 rings (SSSR count). The Hall–Kier alpha value is -2.66. The van der Waals surface area contributed by atoms with E-state index in [1.165, 1.54) is 0 Å². The van der Waals surface area contributed by atoms with E-state index in [-0.39, 0.29) is 5.91 Å². The van der Waals surface area contributed by atoms with E-state index in [0.29, 0.717) is 30.1 Å². The molecule has 1 aliphatic heterocycles. The molecule has 26 heavy (non-hydrogen) atoms. The molecule has 0 fully saturated rings. The Morgan fingerprint density at radius 2 is 2.15 bits per heavy atom. The van der Waals surface area contributed by atoms with Gasteiger partial charge in [-0.2, -0.15) is 0 Å². The van der Waals surface area contributed by atoms with Crippen molar-refractivity contribution in [3.05, 3.63) is 82.3 Å². The van der Waals surface area contributed by atoms with Crippen LogP contribution in [-0.2, 0) is 25.8 Å². The first-order valence-corrected chi connectivity index (χ1v) is 8.98. The standard InChI is InChI=1S/C20H18ClN3O2/c21-16-5-1-4-15(11-16)20(25)24-10-8-18-17(13-24)23-19(26-18)7-6-14-3-2-9-22-12-14/h1-5,9,11-12H,6-8,10,13H2. The number of pyridine rings is 1. The molecule has 0 aliphatic carbocycles. The van der Waals surface area contributed by atoms with Crippen LogP contribution in [0.5, 0.6) is 0 Å². The molecule has 1 aliphatic rings. The molecule has 2 aromatic heterocycles. The minimum absolute atomic E-state index is 0.0296. The van der Waals surface area contributed by atoms with Crippen molar-refractivity contribution in [1.82, 2.24) is 14.9 Å². The summed E-state index contributed by atoms with van der Waals surface area (Å²) in [6.07, 6.45) is 5.86. The third-order valence-electron chi connectivity index (χ3n) is 4.48. The second kappa shape index (κ2) is 7.30. The van der Waals surface area contributed by atoms with Gasteiger partial charge in [-0.05, 0) is 36.2 Å². The lowest BCUT2D eigenvalue weighted by molar-refractivity contribution is 0.0728. The Kier molecular flexibility index (Phi) is 4.71. The minimum atomic E-state index is -0.0296. The van der Waals surface area contributed by atoms with E-state index in [1.807, 2.05) is 18.3 Å². The summed E-state index contributed by atoms with van der Waals surface area (Å²) >= 11 is 6.00. The SMILES string of the molecule is O=C(c1cccc(Cl)c1)N1CCc2oc(CCc3cccnc3)nc2C1. The number of aromatic nitrogens is 2. The summed E-state index contributed by atoms with van der Waals surface area (Å²) in [7, 11) is 0. The van der Waals surface area contributed by atoms with Gasteiger partial charge in [-0.3, -0.25) is 9.78 Å². The Morgan fingerprint density at radius 1 is 1.23 bits per heavy atom. The molecule has 0 saturated carbocycles. The predicted molar refractivity (Wildman–Crippen MR) is 98.0 cm³/mol. The number of benzene rings is 1. The summed E-state index contributed by atoms with van der Waals surface area (Å²) in [5.74, 6) is 1.58. The van der Waals surface area contributed by atoms with Crippen molar-refractivity contribution in [2.24, 2.45) is 0 Å². The summed E-state index contributed by atoms with van der Waals surface area (Å²) in [6.45, 7) is 1.09. The van der Waals surface area contributed by atoms with Crippen molar-refractivity contribution in [2.75, 3.05) is 6.54 Å². The van der Waals surface area contributed by atoms with Gasteiger partial charge in [-0.1, -0.05) is 23.7 Å². The monoisotopic (exact) mass is 367 g/mol. The highest BCUT2D eigenvalue weighted by atomic mass is 35.5.